The Morgan fingerprint density at radius 2 is 2.20 bits per heavy atom. The van der Waals surface area contributed by atoms with Crippen LogP contribution in [0.25, 0.3) is 0 Å². The van der Waals surface area contributed by atoms with E-state index in [1.807, 2.05) is 20.8 Å². The zero-order valence-corrected chi connectivity index (χ0v) is 9.97. The largest absolute Gasteiger partial charge is 0.370 e. The molecule has 3 N–H and O–H groups in total. The highest BCUT2D eigenvalue weighted by molar-refractivity contribution is 7.09. The van der Waals surface area contributed by atoms with Crippen molar-refractivity contribution in [3.63, 3.8) is 0 Å². The van der Waals surface area contributed by atoms with Gasteiger partial charge in [-0.15, -0.1) is 0 Å². The molecule has 0 bridgehead atoms. The smallest absolute Gasteiger partial charge is 0.219 e. The molecule has 0 aromatic carbocycles. The fourth-order valence-electron chi connectivity index (χ4n) is 1.09. The van der Waals surface area contributed by atoms with Crippen LogP contribution in [0.4, 0.5) is 5.13 Å². The topological polar surface area (TPSA) is 80.9 Å². The van der Waals surface area contributed by atoms with Crippen molar-refractivity contribution in [1.29, 1.82) is 0 Å². The first-order chi connectivity index (χ1) is 6.99. The average molecular weight is 228 g/mol. The molecule has 0 radical (unpaired) electrons. The fraction of sp³-hybridized carbons (Fsp3) is 0.667. The Morgan fingerprint density at radius 1 is 1.53 bits per heavy atom. The summed E-state index contributed by atoms with van der Waals surface area (Å²) in [4.78, 5) is 15.0. The molecule has 5 nitrogen and oxygen atoms in total. The number of aromatic nitrogens is 2. The summed E-state index contributed by atoms with van der Waals surface area (Å²) in [6.07, 6.45) is 0.302. The van der Waals surface area contributed by atoms with Crippen molar-refractivity contribution < 1.29 is 4.79 Å². The summed E-state index contributed by atoms with van der Waals surface area (Å²) in [6, 6.07) is -0.00420. The molecule has 1 unspecified atom stereocenters. The van der Waals surface area contributed by atoms with Crippen LogP contribution in [-0.4, -0.2) is 21.3 Å². The molecule has 1 amide bonds. The number of primary amides is 1. The number of rotatable bonds is 5. The van der Waals surface area contributed by atoms with Crippen LogP contribution in [0.5, 0.6) is 0 Å². The molecule has 0 aliphatic rings. The lowest BCUT2D eigenvalue weighted by Gasteiger charge is -2.09. The number of nitrogens with one attached hydrogen (secondary N) is 1. The quantitative estimate of drug-likeness (QED) is 0.796. The van der Waals surface area contributed by atoms with Gasteiger partial charge in [-0.3, -0.25) is 4.79 Å². The van der Waals surface area contributed by atoms with Crippen LogP contribution < -0.4 is 11.1 Å². The van der Waals surface area contributed by atoms with E-state index in [9.17, 15) is 4.79 Å². The van der Waals surface area contributed by atoms with E-state index in [1.54, 1.807) is 0 Å². The number of carbonyl (C=O) groups excluding carboxylic acids is 1. The number of nitrogens with zero attached hydrogens (tertiary/aromatic N) is 2. The summed E-state index contributed by atoms with van der Waals surface area (Å²) in [5.74, 6) is 0.834. The number of nitrogens with two attached hydrogens (primary N) is 1. The van der Waals surface area contributed by atoms with Gasteiger partial charge in [0.2, 0.25) is 11.0 Å². The standard InChI is InChI=1S/C9H16N4OS/c1-5(2)8-12-9(15-13-8)11-6(3)4-7(10)14/h5-6H,4H2,1-3H3,(H2,10,14)(H,11,12,13). The first-order valence-electron chi connectivity index (χ1n) is 4.87. The van der Waals surface area contributed by atoms with E-state index < -0.39 is 0 Å². The Morgan fingerprint density at radius 3 is 2.67 bits per heavy atom. The van der Waals surface area contributed by atoms with E-state index in [1.165, 1.54) is 11.5 Å². The second kappa shape index (κ2) is 5.06. The molecule has 1 rings (SSSR count). The summed E-state index contributed by atoms with van der Waals surface area (Å²) in [5.41, 5.74) is 5.09. The molecule has 1 heterocycles. The zero-order valence-electron chi connectivity index (χ0n) is 9.15. The van der Waals surface area contributed by atoms with Gasteiger partial charge in [0, 0.05) is 29.9 Å². The first kappa shape index (κ1) is 11.9. The summed E-state index contributed by atoms with van der Waals surface area (Å²) in [7, 11) is 0. The minimum Gasteiger partial charge on any atom is -0.370 e. The van der Waals surface area contributed by atoms with Crippen LogP contribution in [0.15, 0.2) is 0 Å². The number of anilines is 1. The molecule has 6 heteroatoms. The fourth-order valence-corrected chi connectivity index (χ4v) is 1.91. The monoisotopic (exact) mass is 228 g/mol. The highest BCUT2D eigenvalue weighted by Crippen LogP contribution is 2.18. The second-order valence-corrected chi connectivity index (χ2v) is 4.58. The van der Waals surface area contributed by atoms with Crippen LogP contribution in [0.2, 0.25) is 0 Å². The Kier molecular flexibility index (Phi) is 4.02. The Hall–Kier alpha value is -1.17. The van der Waals surface area contributed by atoms with Crippen molar-refractivity contribution in [3.8, 4) is 0 Å². The lowest BCUT2D eigenvalue weighted by Crippen LogP contribution is -2.23. The van der Waals surface area contributed by atoms with Gasteiger partial charge in [0.25, 0.3) is 0 Å². The molecule has 0 spiro atoms. The maximum Gasteiger partial charge on any atom is 0.219 e. The summed E-state index contributed by atoms with van der Waals surface area (Å²) in [5, 5.41) is 3.84. The van der Waals surface area contributed by atoms with Gasteiger partial charge in [0.05, 0.1) is 0 Å². The molecule has 84 valence electrons. The van der Waals surface area contributed by atoms with E-state index >= 15 is 0 Å². The number of hydrogen-bond acceptors (Lipinski definition) is 5. The van der Waals surface area contributed by atoms with E-state index in [2.05, 4.69) is 14.7 Å². The minimum atomic E-state index is -0.316. The van der Waals surface area contributed by atoms with Crippen molar-refractivity contribution in [2.24, 2.45) is 5.73 Å². The second-order valence-electron chi connectivity index (χ2n) is 3.83. The third kappa shape index (κ3) is 3.83. The molecule has 0 saturated carbocycles. The molecule has 15 heavy (non-hydrogen) atoms. The van der Waals surface area contributed by atoms with Crippen LogP contribution in [0, 0.1) is 0 Å². The number of carbonyl (C=O) groups is 1. The van der Waals surface area contributed by atoms with Crippen LogP contribution >= 0.6 is 11.5 Å². The molecule has 0 aliphatic carbocycles. The Labute approximate surface area is 93.3 Å². The molecule has 0 aliphatic heterocycles. The molecule has 0 saturated heterocycles. The Balaban J connectivity index is 2.53. The lowest BCUT2D eigenvalue weighted by molar-refractivity contribution is -0.118. The van der Waals surface area contributed by atoms with Gasteiger partial charge in [-0.25, -0.2) is 4.98 Å². The maximum atomic E-state index is 10.7. The normalized spacial score (nSPS) is 12.8. The number of amides is 1. The van der Waals surface area contributed by atoms with Crippen molar-refractivity contribution in [1.82, 2.24) is 9.36 Å². The van der Waals surface area contributed by atoms with Crippen LogP contribution in [0.3, 0.4) is 0 Å². The minimum absolute atomic E-state index is 0.00420. The third-order valence-electron chi connectivity index (χ3n) is 1.84. The lowest BCUT2D eigenvalue weighted by atomic mass is 10.2. The number of hydrogen-bond donors (Lipinski definition) is 2. The summed E-state index contributed by atoms with van der Waals surface area (Å²) < 4.78 is 4.20. The van der Waals surface area contributed by atoms with Crippen molar-refractivity contribution >= 4 is 22.6 Å². The van der Waals surface area contributed by atoms with Crippen molar-refractivity contribution in [2.75, 3.05) is 5.32 Å². The predicted molar refractivity (Wildman–Crippen MR) is 60.9 cm³/mol. The highest BCUT2D eigenvalue weighted by Gasteiger charge is 2.11. The van der Waals surface area contributed by atoms with Gasteiger partial charge in [-0.1, -0.05) is 13.8 Å². The molecular formula is C9H16N4OS. The van der Waals surface area contributed by atoms with E-state index in [-0.39, 0.29) is 11.9 Å². The maximum absolute atomic E-state index is 10.7. The first-order valence-corrected chi connectivity index (χ1v) is 5.64. The van der Waals surface area contributed by atoms with E-state index in [4.69, 9.17) is 5.73 Å². The summed E-state index contributed by atoms with van der Waals surface area (Å²) >= 11 is 1.31. The van der Waals surface area contributed by atoms with Gasteiger partial charge in [0.15, 0.2) is 0 Å². The van der Waals surface area contributed by atoms with Crippen LogP contribution in [-0.2, 0) is 4.79 Å². The van der Waals surface area contributed by atoms with Gasteiger partial charge in [0.1, 0.15) is 5.82 Å². The van der Waals surface area contributed by atoms with E-state index in [0.717, 1.165) is 11.0 Å². The van der Waals surface area contributed by atoms with Gasteiger partial charge < -0.3 is 11.1 Å². The van der Waals surface area contributed by atoms with Crippen molar-refractivity contribution in [3.05, 3.63) is 5.82 Å². The highest BCUT2D eigenvalue weighted by atomic mass is 32.1. The van der Waals surface area contributed by atoms with Crippen molar-refractivity contribution in [2.45, 2.75) is 39.2 Å². The molecule has 1 aromatic rings. The summed E-state index contributed by atoms with van der Waals surface area (Å²) in [6.45, 7) is 5.97. The average Bonchev–Trinajstić information content (AvgIpc) is 2.50. The SMILES string of the molecule is CC(CC(N)=O)Nc1nc(C(C)C)ns1. The molecule has 1 atom stereocenters. The molecular weight excluding hydrogens is 212 g/mol. The third-order valence-corrected chi connectivity index (χ3v) is 2.50. The van der Waals surface area contributed by atoms with Crippen LogP contribution in [0.1, 0.15) is 38.9 Å². The zero-order chi connectivity index (χ0) is 11.4. The van der Waals surface area contributed by atoms with E-state index in [0.29, 0.717) is 12.3 Å². The molecule has 1 aromatic heterocycles. The van der Waals surface area contributed by atoms with Gasteiger partial charge in [-0.2, -0.15) is 4.37 Å². The Bertz CT molecular complexity index is 337. The predicted octanol–water partition coefficient (Wildman–Crippen LogP) is 1.34. The molecule has 0 fully saturated rings. The van der Waals surface area contributed by atoms with Gasteiger partial charge in [-0.05, 0) is 6.92 Å². The van der Waals surface area contributed by atoms with Gasteiger partial charge >= 0.3 is 0 Å².